The summed E-state index contributed by atoms with van der Waals surface area (Å²) in [5.41, 5.74) is 4.03. The molecule has 1 atom stereocenters. The lowest BCUT2D eigenvalue weighted by Gasteiger charge is -2.20. The Kier molecular flexibility index (Phi) is 5.26. The number of carbonyl (C=O) groups is 2. The van der Waals surface area contributed by atoms with Gasteiger partial charge >= 0.3 is 0 Å². The summed E-state index contributed by atoms with van der Waals surface area (Å²) in [7, 11) is 3.96. The van der Waals surface area contributed by atoms with Gasteiger partial charge in [-0.15, -0.1) is 0 Å². The van der Waals surface area contributed by atoms with Crippen LogP contribution in [-0.4, -0.2) is 37.5 Å². The number of anilines is 3. The third-order valence-corrected chi connectivity index (χ3v) is 4.60. The van der Waals surface area contributed by atoms with Crippen LogP contribution in [0.15, 0.2) is 53.6 Å². The van der Waals surface area contributed by atoms with E-state index in [-0.39, 0.29) is 11.7 Å². The van der Waals surface area contributed by atoms with Crippen molar-refractivity contribution in [3.8, 4) is 0 Å². The van der Waals surface area contributed by atoms with E-state index in [9.17, 15) is 9.59 Å². The Morgan fingerprint density at radius 3 is 2.44 bits per heavy atom. The van der Waals surface area contributed by atoms with E-state index in [0.29, 0.717) is 17.8 Å². The van der Waals surface area contributed by atoms with Crippen LogP contribution < -0.4 is 15.2 Å². The zero-order valence-electron chi connectivity index (χ0n) is 16.1. The minimum absolute atomic E-state index is 0.0171. The number of ketones is 1. The van der Waals surface area contributed by atoms with Crippen molar-refractivity contribution in [3.05, 3.63) is 54.1 Å². The molecule has 1 N–H and O–H groups in total. The fraction of sp³-hybridized carbons (Fsp3) is 0.286. The van der Waals surface area contributed by atoms with Crippen molar-refractivity contribution < 1.29 is 9.59 Å². The molecular formula is C21H24N4O2. The number of carbonyl (C=O) groups excluding carboxylic acids is 2. The molecule has 0 unspecified atom stereocenters. The zero-order chi connectivity index (χ0) is 19.6. The molecule has 6 heteroatoms. The molecule has 0 saturated heterocycles. The average Bonchev–Trinajstić information content (AvgIpc) is 3.08. The second-order valence-corrected chi connectivity index (χ2v) is 6.91. The lowest BCUT2D eigenvalue weighted by Crippen LogP contribution is -2.33. The lowest BCUT2D eigenvalue weighted by atomic mass is 10.1. The quantitative estimate of drug-likeness (QED) is 0.885. The Morgan fingerprint density at radius 2 is 1.85 bits per heavy atom. The lowest BCUT2D eigenvalue weighted by molar-refractivity contribution is -0.118. The summed E-state index contributed by atoms with van der Waals surface area (Å²) in [5, 5.41) is 8.97. The minimum atomic E-state index is -0.453. The molecule has 0 radical (unpaired) electrons. The molecule has 1 aliphatic heterocycles. The highest BCUT2D eigenvalue weighted by Crippen LogP contribution is 2.26. The van der Waals surface area contributed by atoms with Gasteiger partial charge in [0.25, 0.3) is 5.91 Å². The van der Waals surface area contributed by atoms with Gasteiger partial charge < -0.3 is 10.2 Å². The van der Waals surface area contributed by atoms with Crippen molar-refractivity contribution in [1.29, 1.82) is 0 Å². The normalized spacial score (nSPS) is 16.1. The first kappa shape index (κ1) is 18.6. The second-order valence-electron chi connectivity index (χ2n) is 6.91. The van der Waals surface area contributed by atoms with E-state index in [1.165, 1.54) is 6.92 Å². The topological polar surface area (TPSA) is 65.0 Å². The van der Waals surface area contributed by atoms with Crippen LogP contribution in [0.2, 0.25) is 0 Å². The van der Waals surface area contributed by atoms with E-state index >= 15 is 0 Å². The van der Waals surface area contributed by atoms with Gasteiger partial charge in [-0.3, -0.25) is 14.6 Å². The van der Waals surface area contributed by atoms with Gasteiger partial charge in [0.1, 0.15) is 11.8 Å². The Balaban J connectivity index is 1.80. The van der Waals surface area contributed by atoms with Gasteiger partial charge in [0.2, 0.25) is 0 Å². The van der Waals surface area contributed by atoms with Crippen LogP contribution in [0.25, 0.3) is 0 Å². The monoisotopic (exact) mass is 364 g/mol. The molecule has 0 aliphatic carbocycles. The fourth-order valence-corrected chi connectivity index (χ4v) is 3.22. The number of Topliss-reactive ketones (excluding diaryl/α,β-unsaturated/α-hetero) is 1. The summed E-state index contributed by atoms with van der Waals surface area (Å²) in [6.07, 6.45) is 0.296. The van der Waals surface area contributed by atoms with Crippen LogP contribution in [0.1, 0.15) is 18.9 Å². The molecule has 0 saturated carbocycles. The van der Waals surface area contributed by atoms with Crippen LogP contribution in [-0.2, 0) is 9.59 Å². The number of amides is 1. The first-order chi connectivity index (χ1) is 12.9. The molecule has 0 bridgehead atoms. The van der Waals surface area contributed by atoms with E-state index in [1.807, 2.05) is 74.4 Å². The molecule has 1 aliphatic rings. The Labute approximate surface area is 159 Å². The zero-order valence-corrected chi connectivity index (χ0v) is 16.1. The number of aryl methyl sites for hydroxylation is 1. The van der Waals surface area contributed by atoms with E-state index in [1.54, 1.807) is 5.01 Å². The van der Waals surface area contributed by atoms with Gasteiger partial charge in [0, 0.05) is 31.9 Å². The largest absolute Gasteiger partial charge is 0.377 e. The van der Waals surface area contributed by atoms with Gasteiger partial charge in [-0.25, -0.2) is 0 Å². The SMILES string of the molecule is CC(=O)[C@H]1CC(C(=O)Nc2ccc(N(C)C)c(C)c2)=NN1c1ccccc1. The molecule has 140 valence electrons. The number of benzene rings is 2. The van der Waals surface area contributed by atoms with E-state index in [4.69, 9.17) is 0 Å². The highest BCUT2D eigenvalue weighted by molar-refractivity contribution is 6.44. The van der Waals surface area contributed by atoms with Gasteiger partial charge in [0.15, 0.2) is 5.78 Å². The molecule has 2 aromatic carbocycles. The summed E-state index contributed by atoms with van der Waals surface area (Å²) >= 11 is 0. The first-order valence-corrected chi connectivity index (χ1v) is 8.88. The summed E-state index contributed by atoms with van der Waals surface area (Å²) in [6.45, 7) is 3.53. The molecule has 0 aromatic heterocycles. The Morgan fingerprint density at radius 1 is 1.15 bits per heavy atom. The number of hydrazone groups is 1. The molecule has 3 rings (SSSR count). The minimum Gasteiger partial charge on any atom is -0.377 e. The van der Waals surface area contributed by atoms with Crippen LogP contribution >= 0.6 is 0 Å². The number of rotatable bonds is 5. The van der Waals surface area contributed by atoms with Crippen molar-refractivity contribution in [3.63, 3.8) is 0 Å². The molecule has 27 heavy (non-hydrogen) atoms. The van der Waals surface area contributed by atoms with Gasteiger partial charge in [-0.2, -0.15) is 5.10 Å². The number of para-hydroxylation sites is 1. The molecule has 0 spiro atoms. The average molecular weight is 364 g/mol. The second kappa shape index (κ2) is 7.61. The van der Waals surface area contributed by atoms with Gasteiger partial charge in [-0.05, 0) is 49.7 Å². The van der Waals surface area contributed by atoms with Crippen molar-refractivity contribution in [1.82, 2.24) is 0 Å². The summed E-state index contributed by atoms with van der Waals surface area (Å²) in [6, 6.07) is 14.7. The first-order valence-electron chi connectivity index (χ1n) is 8.88. The van der Waals surface area contributed by atoms with E-state index < -0.39 is 6.04 Å². The highest BCUT2D eigenvalue weighted by Gasteiger charge is 2.34. The maximum Gasteiger partial charge on any atom is 0.271 e. The number of nitrogens with one attached hydrogen (secondary N) is 1. The highest BCUT2D eigenvalue weighted by atomic mass is 16.2. The molecule has 1 heterocycles. The molecular weight excluding hydrogens is 340 g/mol. The predicted molar refractivity (Wildman–Crippen MR) is 110 cm³/mol. The molecule has 1 amide bonds. The number of nitrogens with zero attached hydrogens (tertiary/aromatic N) is 3. The van der Waals surface area contributed by atoms with Crippen LogP contribution in [0, 0.1) is 6.92 Å². The smallest absolute Gasteiger partial charge is 0.271 e. The van der Waals surface area contributed by atoms with E-state index in [2.05, 4.69) is 10.4 Å². The number of hydrogen-bond donors (Lipinski definition) is 1. The van der Waals surface area contributed by atoms with Crippen LogP contribution in [0.5, 0.6) is 0 Å². The predicted octanol–water partition coefficient (Wildman–Crippen LogP) is 3.22. The Hall–Kier alpha value is -3.15. The maximum absolute atomic E-state index is 12.7. The van der Waals surface area contributed by atoms with Crippen molar-refractivity contribution in [2.45, 2.75) is 26.3 Å². The fourth-order valence-electron chi connectivity index (χ4n) is 3.22. The maximum atomic E-state index is 12.7. The Bertz CT molecular complexity index is 890. The third kappa shape index (κ3) is 4.00. The van der Waals surface area contributed by atoms with E-state index in [0.717, 1.165) is 16.9 Å². The summed E-state index contributed by atoms with van der Waals surface area (Å²) in [5.74, 6) is -0.298. The standard InChI is InChI=1S/C21H24N4O2/c1-14-12-16(10-11-19(14)24(3)4)22-21(27)18-13-20(15(2)26)25(23-18)17-8-6-5-7-9-17/h5-12,20H,13H2,1-4H3,(H,22,27)/t20-/m1/s1. The van der Waals surface area contributed by atoms with Crippen molar-refractivity contribution in [2.75, 3.05) is 29.3 Å². The third-order valence-electron chi connectivity index (χ3n) is 4.60. The summed E-state index contributed by atoms with van der Waals surface area (Å²) in [4.78, 5) is 26.8. The van der Waals surface area contributed by atoms with Crippen molar-refractivity contribution >= 4 is 34.5 Å². The molecule has 2 aromatic rings. The van der Waals surface area contributed by atoms with Crippen molar-refractivity contribution in [2.24, 2.45) is 5.10 Å². The van der Waals surface area contributed by atoms with Gasteiger partial charge in [0.05, 0.1) is 5.69 Å². The summed E-state index contributed by atoms with van der Waals surface area (Å²) < 4.78 is 0. The van der Waals surface area contributed by atoms with Gasteiger partial charge in [-0.1, -0.05) is 18.2 Å². The number of hydrogen-bond acceptors (Lipinski definition) is 5. The van der Waals surface area contributed by atoms with Crippen LogP contribution in [0.3, 0.4) is 0 Å². The molecule has 6 nitrogen and oxygen atoms in total. The van der Waals surface area contributed by atoms with Crippen LogP contribution in [0.4, 0.5) is 17.1 Å². The molecule has 0 fully saturated rings.